The summed E-state index contributed by atoms with van der Waals surface area (Å²) in [5.41, 5.74) is 1.04. The van der Waals surface area contributed by atoms with Gasteiger partial charge in [-0.1, -0.05) is 6.07 Å². The summed E-state index contributed by atoms with van der Waals surface area (Å²) in [6.07, 6.45) is 1.52. The molecule has 3 rings (SSSR count). The molecule has 2 aromatic carbocycles. The van der Waals surface area contributed by atoms with Crippen molar-refractivity contribution < 1.29 is 23.8 Å². The molecule has 150 valence electrons. The van der Waals surface area contributed by atoms with Crippen molar-refractivity contribution in [3.63, 3.8) is 0 Å². The minimum atomic E-state index is -0.561. The molecule has 0 radical (unpaired) electrons. The SMILES string of the molecule is COc1ccc(N2C(=O)/C(=C/c3ccc(OC)c(I)c3)C(=O)NC2=S)c(OC)c1. The summed E-state index contributed by atoms with van der Waals surface area (Å²) in [5, 5.41) is 2.54. The number of methoxy groups -OCH3 is 3. The van der Waals surface area contributed by atoms with Crippen molar-refractivity contribution in [1.82, 2.24) is 5.32 Å². The number of ether oxygens (including phenoxy) is 3. The fraction of sp³-hybridized carbons (Fsp3) is 0.150. The van der Waals surface area contributed by atoms with Gasteiger partial charge in [-0.15, -0.1) is 0 Å². The molecule has 1 N–H and O–H groups in total. The zero-order chi connectivity index (χ0) is 21.1. The second-order valence-corrected chi connectivity index (χ2v) is 7.44. The molecule has 2 amide bonds. The van der Waals surface area contributed by atoms with Gasteiger partial charge in [0.2, 0.25) is 0 Å². The van der Waals surface area contributed by atoms with E-state index in [4.69, 9.17) is 26.4 Å². The van der Waals surface area contributed by atoms with Crippen LogP contribution in [0.1, 0.15) is 5.56 Å². The molecule has 0 saturated carbocycles. The molecule has 0 unspecified atom stereocenters. The molecule has 1 aliphatic heterocycles. The molecule has 0 atom stereocenters. The van der Waals surface area contributed by atoms with Crippen molar-refractivity contribution in [3.8, 4) is 17.2 Å². The van der Waals surface area contributed by atoms with Crippen LogP contribution < -0.4 is 24.4 Å². The predicted octanol–water partition coefficient (Wildman–Crippen LogP) is 3.15. The highest BCUT2D eigenvalue weighted by molar-refractivity contribution is 14.1. The first-order valence-electron chi connectivity index (χ1n) is 8.36. The minimum absolute atomic E-state index is 0.0232. The number of hydrogen-bond donors (Lipinski definition) is 1. The second-order valence-electron chi connectivity index (χ2n) is 5.89. The Morgan fingerprint density at radius 3 is 2.34 bits per heavy atom. The van der Waals surface area contributed by atoms with E-state index >= 15 is 0 Å². The first-order valence-corrected chi connectivity index (χ1v) is 9.85. The van der Waals surface area contributed by atoms with Gasteiger partial charge in [0.15, 0.2) is 5.11 Å². The lowest BCUT2D eigenvalue weighted by molar-refractivity contribution is -0.122. The maximum atomic E-state index is 13.2. The van der Waals surface area contributed by atoms with E-state index in [1.54, 1.807) is 37.4 Å². The molecule has 1 heterocycles. The molecule has 9 heteroatoms. The Bertz CT molecular complexity index is 1040. The molecule has 1 saturated heterocycles. The maximum Gasteiger partial charge on any atom is 0.270 e. The van der Waals surface area contributed by atoms with Gasteiger partial charge >= 0.3 is 0 Å². The average molecular weight is 524 g/mol. The van der Waals surface area contributed by atoms with E-state index in [1.165, 1.54) is 25.2 Å². The van der Waals surface area contributed by atoms with E-state index in [0.29, 0.717) is 28.5 Å². The molecule has 1 aliphatic rings. The van der Waals surface area contributed by atoms with Crippen molar-refractivity contribution >= 4 is 63.5 Å². The lowest BCUT2D eigenvalue weighted by Gasteiger charge is -2.30. The number of carbonyl (C=O) groups excluding carboxylic acids is 2. The van der Waals surface area contributed by atoms with Crippen molar-refractivity contribution in [1.29, 1.82) is 0 Å². The molecule has 0 spiro atoms. The number of rotatable bonds is 5. The minimum Gasteiger partial charge on any atom is -0.497 e. The van der Waals surface area contributed by atoms with Crippen LogP contribution in [0, 0.1) is 3.57 Å². The maximum absolute atomic E-state index is 13.2. The second kappa shape index (κ2) is 8.78. The van der Waals surface area contributed by atoms with Gasteiger partial charge in [-0.05, 0) is 70.7 Å². The standard InChI is InChI=1S/C20H17IN2O5S/c1-26-12-5-6-15(17(10-12)28-3)23-19(25)13(18(24)22-20(23)29)8-11-4-7-16(27-2)14(21)9-11/h4-10H,1-3H3,(H,22,24,29)/b13-8+. The third kappa shape index (κ3) is 4.20. The van der Waals surface area contributed by atoms with Gasteiger partial charge in [0, 0.05) is 6.07 Å². The van der Waals surface area contributed by atoms with Crippen molar-refractivity contribution in [2.45, 2.75) is 0 Å². The Morgan fingerprint density at radius 1 is 1.00 bits per heavy atom. The predicted molar refractivity (Wildman–Crippen MR) is 121 cm³/mol. The molecular weight excluding hydrogens is 507 g/mol. The van der Waals surface area contributed by atoms with Gasteiger partial charge in [0.1, 0.15) is 22.8 Å². The van der Waals surface area contributed by atoms with E-state index < -0.39 is 11.8 Å². The van der Waals surface area contributed by atoms with Crippen LogP contribution >= 0.6 is 34.8 Å². The van der Waals surface area contributed by atoms with Crippen LogP contribution in [0.2, 0.25) is 0 Å². The van der Waals surface area contributed by atoms with E-state index in [1.807, 2.05) is 6.07 Å². The van der Waals surface area contributed by atoms with Crippen LogP contribution in [0.5, 0.6) is 17.2 Å². The Kier molecular flexibility index (Phi) is 6.38. The number of thiocarbonyl (C=S) groups is 1. The van der Waals surface area contributed by atoms with Crippen LogP contribution in [0.3, 0.4) is 0 Å². The topological polar surface area (TPSA) is 77.1 Å². The Balaban J connectivity index is 2.04. The lowest BCUT2D eigenvalue weighted by atomic mass is 10.1. The van der Waals surface area contributed by atoms with Gasteiger partial charge < -0.3 is 14.2 Å². The zero-order valence-corrected chi connectivity index (χ0v) is 18.8. The molecule has 7 nitrogen and oxygen atoms in total. The van der Waals surface area contributed by atoms with Crippen LogP contribution in [0.15, 0.2) is 42.0 Å². The summed E-state index contributed by atoms with van der Waals surface area (Å²) in [4.78, 5) is 26.9. The van der Waals surface area contributed by atoms with Crippen LogP contribution in [-0.4, -0.2) is 38.3 Å². The van der Waals surface area contributed by atoms with Crippen LogP contribution in [0.4, 0.5) is 5.69 Å². The number of amides is 2. The van der Waals surface area contributed by atoms with Gasteiger partial charge in [-0.25, -0.2) is 4.90 Å². The number of benzene rings is 2. The van der Waals surface area contributed by atoms with Crippen molar-refractivity contribution in [2.24, 2.45) is 0 Å². The largest absolute Gasteiger partial charge is 0.497 e. The van der Waals surface area contributed by atoms with Crippen molar-refractivity contribution in [3.05, 3.63) is 51.1 Å². The number of hydrogen-bond acceptors (Lipinski definition) is 6. The fourth-order valence-electron chi connectivity index (χ4n) is 2.78. The quantitative estimate of drug-likeness (QED) is 0.281. The molecule has 0 aromatic heterocycles. The Labute approximate surface area is 186 Å². The normalized spacial score (nSPS) is 15.4. The third-order valence-electron chi connectivity index (χ3n) is 4.22. The lowest BCUT2D eigenvalue weighted by Crippen LogP contribution is -2.54. The highest BCUT2D eigenvalue weighted by Gasteiger charge is 2.36. The number of halogens is 1. The third-order valence-corrected chi connectivity index (χ3v) is 5.34. The first kappa shape index (κ1) is 21.1. The summed E-state index contributed by atoms with van der Waals surface area (Å²) in [6, 6.07) is 10.3. The molecule has 1 fully saturated rings. The fourth-order valence-corrected chi connectivity index (χ4v) is 3.82. The van der Waals surface area contributed by atoms with Crippen molar-refractivity contribution in [2.75, 3.05) is 26.2 Å². The van der Waals surface area contributed by atoms with Gasteiger partial charge in [-0.3, -0.25) is 14.9 Å². The van der Waals surface area contributed by atoms with Gasteiger partial charge in [0.25, 0.3) is 11.8 Å². The molecule has 2 aromatic rings. The molecule has 29 heavy (non-hydrogen) atoms. The summed E-state index contributed by atoms with van der Waals surface area (Å²) in [7, 11) is 4.58. The van der Waals surface area contributed by atoms with Crippen LogP contribution in [-0.2, 0) is 9.59 Å². The van der Waals surface area contributed by atoms with E-state index in [9.17, 15) is 9.59 Å². The summed E-state index contributed by atoms with van der Waals surface area (Å²) in [5.74, 6) is 0.545. The number of nitrogens with one attached hydrogen (secondary N) is 1. The highest BCUT2D eigenvalue weighted by atomic mass is 127. The van der Waals surface area contributed by atoms with Gasteiger partial charge in [-0.2, -0.15) is 0 Å². The van der Waals surface area contributed by atoms with E-state index in [2.05, 4.69) is 27.9 Å². The Hall–Kier alpha value is -2.66. The van der Waals surface area contributed by atoms with Crippen LogP contribution in [0.25, 0.3) is 6.08 Å². The smallest absolute Gasteiger partial charge is 0.270 e. The average Bonchev–Trinajstić information content (AvgIpc) is 2.71. The highest BCUT2D eigenvalue weighted by Crippen LogP contribution is 2.34. The van der Waals surface area contributed by atoms with E-state index in [0.717, 1.165) is 3.57 Å². The summed E-state index contributed by atoms with van der Waals surface area (Å²) in [6.45, 7) is 0. The summed E-state index contributed by atoms with van der Waals surface area (Å²) < 4.78 is 16.7. The zero-order valence-electron chi connectivity index (χ0n) is 15.8. The molecule has 0 bridgehead atoms. The molecular formula is C20H17IN2O5S. The number of nitrogens with zero attached hydrogens (tertiary/aromatic N) is 1. The Morgan fingerprint density at radius 2 is 1.72 bits per heavy atom. The first-order chi connectivity index (χ1) is 13.9. The monoisotopic (exact) mass is 524 g/mol. The van der Waals surface area contributed by atoms with E-state index in [-0.39, 0.29) is 10.7 Å². The van der Waals surface area contributed by atoms with Gasteiger partial charge in [0.05, 0.1) is 30.6 Å². The molecule has 0 aliphatic carbocycles. The number of carbonyl (C=O) groups is 2. The number of anilines is 1. The summed E-state index contributed by atoms with van der Waals surface area (Å²) >= 11 is 7.37.